The average molecular weight is 432 g/mol. The number of hydrogen-bond donors (Lipinski definition) is 2. The number of morpholine rings is 1. The molecule has 0 unspecified atom stereocenters. The van der Waals surface area contributed by atoms with E-state index in [2.05, 4.69) is 10.3 Å². The lowest BCUT2D eigenvalue weighted by molar-refractivity contribution is 0.0730. The number of aromatic nitrogens is 1. The molecule has 1 aliphatic carbocycles. The van der Waals surface area contributed by atoms with Crippen LogP contribution in [0.5, 0.6) is 0 Å². The van der Waals surface area contributed by atoms with Crippen molar-refractivity contribution in [2.45, 2.75) is 37.6 Å². The van der Waals surface area contributed by atoms with Crippen LogP contribution >= 0.6 is 0 Å². The lowest BCUT2D eigenvalue weighted by Gasteiger charge is -2.27. The SMILES string of the molecule is Cc1c(C(=O)NCc2ccccc2S(=O)(=O)N2CCOCC2)[nH]c2c1C(=O)CCC2. The van der Waals surface area contributed by atoms with Gasteiger partial charge in [0.1, 0.15) is 5.69 Å². The summed E-state index contributed by atoms with van der Waals surface area (Å²) in [4.78, 5) is 28.3. The number of H-pyrrole nitrogens is 1. The van der Waals surface area contributed by atoms with Gasteiger partial charge in [-0.05, 0) is 37.0 Å². The summed E-state index contributed by atoms with van der Waals surface area (Å²) in [6, 6.07) is 6.68. The Bertz CT molecular complexity index is 1080. The lowest BCUT2D eigenvalue weighted by Crippen LogP contribution is -2.41. The summed E-state index contributed by atoms with van der Waals surface area (Å²) in [6.07, 6.45) is 2.02. The Labute approximate surface area is 175 Å². The highest BCUT2D eigenvalue weighted by atomic mass is 32.2. The van der Waals surface area contributed by atoms with Gasteiger partial charge in [-0.2, -0.15) is 4.31 Å². The normalized spacial score (nSPS) is 17.6. The molecule has 1 fully saturated rings. The molecule has 4 rings (SSSR count). The predicted octanol–water partition coefficient (Wildman–Crippen LogP) is 1.79. The zero-order chi connectivity index (χ0) is 21.3. The van der Waals surface area contributed by atoms with E-state index in [1.807, 2.05) is 0 Å². The van der Waals surface area contributed by atoms with Crippen molar-refractivity contribution in [3.63, 3.8) is 0 Å². The van der Waals surface area contributed by atoms with Crippen molar-refractivity contribution in [1.29, 1.82) is 0 Å². The second-order valence-electron chi connectivity index (χ2n) is 7.56. The molecule has 0 spiro atoms. The Morgan fingerprint density at radius 3 is 2.67 bits per heavy atom. The van der Waals surface area contributed by atoms with E-state index >= 15 is 0 Å². The first-order valence-electron chi connectivity index (χ1n) is 10.1. The van der Waals surface area contributed by atoms with Gasteiger partial charge in [0.15, 0.2) is 5.78 Å². The molecule has 9 heteroatoms. The topological polar surface area (TPSA) is 109 Å². The molecule has 30 heavy (non-hydrogen) atoms. The Balaban J connectivity index is 1.54. The Morgan fingerprint density at radius 2 is 1.93 bits per heavy atom. The van der Waals surface area contributed by atoms with E-state index in [9.17, 15) is 18.0 Å². The number of aryl methyl sites for hydroxylation is 1. The standard InChI is InChI=1S/C21H25N3O5S/c1-14-19-16(6-4-7-17(19)25)23-20(14)21(26)22-13-15-5-2-3-8-18(15)30(27,28)24-9-11-29-12-10-24/h2-3,5,8,23H,4,6-7,9-13H2,1H3,(H,22,26). The average Bonchev–Trinajstić information content (AvgIpc) is 3.10. The molecule has 0 saturated carbocycles. The molecule has 2 aliphatic rings. The number of nitrogens with zero attached hydrogens (tertiary/aromatic N) is 1. The molecule has 2 heterocycles. The van der Waals surface area contributed by atoms with Crippen LogP contribution in [-0.4, -0.2) is 55.7 Å². The number of rotatable bonds is 5. The predicted molar refractivity (Wildman–Crippen MR) is 110 cm³/mol. The van der Waals surface area contributed by atoms with Gasteiger partial charge in [0.2, 0.25) is 10.0 Å². The summed E-state index contributed by atoms with van der Waals surface area (Å²) < 4.78 is 32.8. The third kappa shape index (κ3) is 3.80. The van der Waals surface area contributed by atoms with Gasteiger partial charge in [-0.3, -0.25) is 9.59 Å². The Hall–Kier alpha value is -2.49. The fraction of sp³-hybridized carbons (Fsp3) is 0.429. The molecule has 0 radical (unpaired) electrons. The molecule has 1 saturated heterocycles. The largest absolute Gasteiger partial charge is 0.379 e. The van der Waals surface area contributed by atoms with Crippen LogP contribution in [0.2, 0.25) is 0 Å². The van der Waals surface area contributed by atoms with Crippen molar-refractivity contribution in [1.82, 2.24) is 14.6 Å². The number of carbonyl (C=O) groups excluding carboxylic acids is 2. The number of nitrogens with one attached hydrogen (secondary N) is 2. The van der Waals surface area contributed by atoms with Crippen LogP contribution in [0.25, 0.3) is 0 Å². The summed E-state index contributed by atoms with van der Waals surface area (Å²) in [7, 11) is -3.67. The molecule has 1 amide bonds. The fourth-order valence-corrected chi connectivity index (χ4v) is 5.72. The number of fused-ring (bicyclic) bond motifs is 1. The van der Waals surface area contributed by atoms with Crippen molar-refractivity contribution < 1.29 is 22.7 Å². The van der Waals surface area contributed by atoms with E-state index in [-0.39, 0.29) is 23.1 Å². The van der Waals surface area contributed by atoms with E-state index in [4.69, 9.17) is 4.74 Å². The van der Waals surface area contributed by atoms with Crippen molar-refractivity contribution >= 4 is 21.7 Å². The first-order valence-corrected chi connectivity index (χ1v) is 11.5. The van der Waals surface area contributed by atoms with Gasteiger partial charge in [0.05, 0.1) is 18.1 Å². The Kier molecular flexibility index (Phi) is 5.77. The summed E-state index contributed by atoms with van der Waals surface area (Å²) in [5, 5.41) is 2.81. The van der Waals surface area contributed by atoms with Gasteiger partial charge in [0, 0.05) is 37.3 Å². The first kappa shape index (κ1) is 20.8. The molecule has 2 N–H and O–H groups in total. The molecule has 1 aromatic carbocycles. The molecule has 8 nitrogen and oxygen atoms in total. The molecule has 0 atom stereocenters. The number of carbonyl (C=O) groups is 2. The van der Waals surface area contributed by atoms with Gasteiger partial charge in [0.25, 0.3) is 5.91 Å². The summed E-state index contributed by atoms with van der Waals surface area (Å²) in [5.74, 6) is -0.292. The summed E-state index contributed by atoms with van der Waals surface area (Å²) in [6.45, 7) is 3.19. The van der Waals surface area contributed by atoms with E-state index in [0.29, 0.717) is 55.1 Å². The van der Waals surface area contributed by atoms with Crippen LogP contribution < -0.4 is 5.32 Å². The van der Waals surface area contributed by atoms with Crippen molar-refractivity contribution in [3.05, 3.63) is 52.3 Å². The minimum Gasteiger partial charge on any atom is -0.379 e. The Morgan fingerprint density at radius 1 is 1.20 bits per heavy atom. The molecular weight excluding hydrogens is 406 g/mol. The monoisotopic (exact) mass is 431 g/mol. The van der Waals surface area contributed by atoms with E-state index in [1.165, 1.54) is 4.31 Å². The zero-order valence-electron chi connectivity index (χ0n) is 16.9. The number of benzene rings is 1. The highest BCUT2D eigenvalue weighted by Crippen LogP contribution is 2.27. The zero-order valence-corrected chi connectivity index (χ0v) is 17.7. The summed E-state index contributed by atoms with van der Waals surface area (Å²) >= 11 is 0. The van der Waals surface area contributed by atoms with Crippen LogP contribution in [0, 0.1) is 6.92 Å². The number of ketones is 1. The third-order valence-corrected chi connectivity index (χ3v) is 7.66. The third-order valence-electron chi connectivity index (χ3n) is 5.66. The van der Waals surface area contributed by atoms with Gasteiger partial charge in [-0.25, -0.2) is 8.42 Å². The molecule has 1 aliphatic heterocycles. The van der Waals surface area contributed by atoms with Crippen LogP contribution in [0.4, 0.5) is 0 Å². The number of amides is 1. The number of hydrogen-bond acceptors (Lipinski definition) is 5. The highest BCUT2D eigenvalue weighted by molar-refractivity contribution is 7.89. The molecular formula is C21H25N3O5S. The van der Waals surface area contributed by atoms with Gasteiger partial charge >= 0.3 is 0 Å². The van der Waals surface area contributed by atoms with Crippen molar-refractivity contribution in [3.8, 4) is 0 Å². The van der Waals surface area contributed by atoms with Crippen LogP contribution in [0.15, 0.2) is 29.2 Å². The van der Waals surface area contributed by atoms with Crippen molar-refractivity contribution in [2.75, 3.05) is 26.3 Å². The first-order chi connectivity index (χ1) is 14.4. The number of Topliss-reactive ketones (excluding diaryl/α,β-unsaturated/α-hetero) is 1. The number of sulfonamides is 1. The molecule has 160 valence electrons. The maximum Gasteiger partial charge on any atom is 0.268 e. The van der Waals surface area contributed by atoms with Crippen molar-refractivity contribution in [2.24, 2.45) is 0 Å². The van der Waals surface area contributed by atoms with Crippen LogP contribution in [0.1, 0.15) is 50.5 Å². The molecule has 0 bridgehead atoms. The molecule has 1 aromatic heterocycles. The molecule has 2 aromatic rings. The summed E-state index contributed by atoms with van der Waals surface area (Å²) in [5.41, 5.74) is 2.97. The van der Waals surface area contributed by atoms with Gasteiger partial charge in [-0.1, -0.05) is 18.2 Å². The highest BCUT2D eigenvalue weighted by Gasteiger charge is 2.29. The van der Waals surface area contributed by atoms with E-state index in [0.717, 1.165) is 18.5 Å². The van der Waals surface area contributed by atoms with Gasteiger partial charge < -0.3 is 15.0 Å². The quantitative estimate of drug-likeness (QED) is 0.750. The number of aromatic amines is 1. The minimum absolute atomic E-state index is 0.0611. The minimum atomic E-state index is -3.67. The maximum absolute atomic E-state index is 13.1. The maximum atomic E-state index is 13.1. The second kappa shape index (κ2) is 8.33. The van der Waals surface area contributed by atoms with Gasteiger partial charge in [-0.15, -0.1) is 0 Å². The van der Waals surface area contributed by atoms with Crippen LogP contribution in [0.3, 0.4) is 0 Å². The fourth-order valence-electron chi connectivity index (χ4n) is 4.09. The van der Waals surface area contributed by atoms with E-state index in [1.54, 1.807) is 31.2 Å². The van der Waals surface area contributed by atoms with Crippen LogP contribution in [-0.2, 0) is 27.7 Å². The smallest absolute Gasteiger partial charge is 0.268 e. The second-order valence-corrected chi connectivity index (χ2v) is 9.47. The van der Waals surface area contributed by atoms with E-state index < -0.39 is 10.0 Å². The lowest BCUT2D eigenvalue weighted by atomic mass is 9.94. The number of ether oxygens (including phenoxy) is 1.